The molecule has 166 valence electrons. The van der Waals surface area contributed by atoms with Crippen molar-refractivity contribution in [3.63, 3.8) is 0 Å². The number of amides is 1. The summed E-state index contributed by atoms with van der Waals surface area (Å²) in [6.07, 6.45) is 1.42. The van der Waals surface area contributed by atoms with Crippen LogP contribution in [0.1, 0.15) is 25.3 Å². The van der Waals surface area contributed by atoms with E-state index in [1.54, 1.807) is 11.3 Å². The van der Waals surface area contributed by atoms with Crippen LogP contribution in [0.4, 0.5) is 10.7 Å². The zero-order valence-corrected chi connectivity index (χ0v) is 18.9. The fourth-order valence-corrected chi connectivity index (χ4v) is 4.72. The molecule has 2 aromatic rings. The first-order valence-electron chi connectivity index (χ1n) is 11.1. The van der Waals surface area contributed by atoms with Gasteiger partial charge in [-0.05, 0) is 55.0 Å². The second kappa shape index (κ2) is 10.6. The van der Waals surface area contributed by atoms with Crippen molar-refractivity contribution in [2.75, 3.05) is 49.5 Å². The highest BCUT2D eigenvalue weighted by Gasteiger charge is 2.23. The first-order chi connectivity index (χ1) is 15.2. The van der Waals surface area contributed by atoms with E-state index in [-0.39, 0.29) is 12.0 Å². The topological polar surface area (TPSA) is 69.2 Å². The Kier molecular flexibility index (Phi) is 7.43. The van der Waals surface area contributed by atoms with Gasteiger partial charge in [-0.25, -0.2) is 4.99 Å². The first kappa shape index (κ1) is 21.6. The molecule has 0 spiro atoms. The standard InChI is InChI=1S/C23H31N5O2S/c1-2-24-23(28-12-10-27(11-13-28)21-9-5-15-31-21)25-17-18-6-3-7-19(16-18)26-22(29)20-8-4-14-30-20/h3,5-7,9,15-16,20H,2,4,8,10-14,17H2,1H3,(H,24,25)(H,26,29). The third-order valence-electron chi connectivity index (χ3n) is 5.56. The summed E-state index contributed by atoms with van der Waals surface area (Å²) in [6, 6.07) is 12.2. The number of piperazine rings is 1. The molecule has 2 aliphatic rings. The summed E-state index contributed by atoms with van der Waals surface area (Å²) in [5.41, 5.74) is 1.86. The molecule has 8 heteroatoms. The van der Waals surface area contributed by atoms with Gasteiger partial charge in [0.25, 0.3) is 5.91 Å². The molecule has 0 aliphatic carbocycles. The number of ether oxygens (including phenoxy) is 1. The third kappa shape index (κ3) is 5.77. The molecule has 1 aromatic heterocycles. The molecule has 1 unspecified atom stereocenters. The van der Waals surface area contributed by atoms with E-state index in [2.05, 4.69) is 44.9 Å². The molecule has 7 nitrogen and oxygen atoms in total. The molecule has 3 heterocycles. The molecule has 0 bridgehead atoms. The molecule has 2 N–H and O–H groups in total. The lowest BCUT2D eigenvalue weighted by Gasteiger charge is -2.37. The van der Waals surface area contributed by atoms with Gasteiger partial charge in [0.2, 0.25) is 0 Å². The molecule has 4 rings (SSSR count). The Morgan fingerprint density at radius 1 is 1.23 bits per heavy atom. The van der Waals surface area contributed by atoms with Crippen molar-refractivity contribution in [3.05, 3.63) is 47.3 Å². The smallest absolute Gasteiger partial charge is 0.253 e. The van der Waals surface area contributed by atoms with Gasteiger partial charge in [-0.15, -0.1) is 11.3 Å². The summed E-state index contributed by atoms with van der Waals surface area (Å²) in [4.78, 5) is 21.9. The number of nitrogens with one attached hydrogen (secondary N) is 2. The lowest BCUT2D eigenvalue weighted by atomic mass is 10.2. The molecule has 0 saturated carbocycles. The molecule has 0 radical (unpaired) electrons. The van der Waals surface area contributed by atoms with Gasteiger partial charge in [0.05, 0.1) is 11.5 Å². The normalized spacial score (nSPS) is 19.5. The molecular formula is C23H31N5O2S. The summed E-state index contributed by atoms with van der Waals surface area (Å²) >= 11 is 1.79. The lowest BCUT2D eigenvalue weighted by molar-refractivity contribution is -0.124. The Labute approximate surface area is 188 Å². The summed E-state index contributed by atoms with van der Waals surface area (Å²) in [7, 11) is 0. The maximum atomic E-state index is 12.3. The van der Waals surface area contributed by atoms with Crippen molar-refractivity contribution in [2.24, 2.45) is 4.99 Å². The molecule has 1 atom stereocenters. The average molecular weight is 442 g/mol. The maximum Gasteiger partial charge on any atom is 0.253 e. The number of carbonyl (C=O) groups excluding carboxylic acids is 1. The van der Waals surface area contributed by atoms with Crippen molar-refractivity contribution in [1.29, 1.82) is 0 Å². The summed E-state index contributed by atoms with van der Waals surface area (Å²) < 4.78 is 5.47. The van der Waals surface area contributed by atoms with Gasteiger partial charge in [0.15, 0.2) is 5.96 Å². The SMILES string of the molecule is CCNC(=NCc1cccc(NC(=O)C2CCCO2)c1)N1CCN(c2cccs2)CC1. The minimum Gasteiger partial charge on any atom is -0.368 e. The van der Waals surface area contributed by atoms with E-state index in [0.29, 0.717) is 13.2 Å². The Balaban J connectivity index is 1.35. The van der Waals surface area contributed by atoms with Crippen LogP contribution in [0.2, 0.25) is 0 Å². The second-order valence-electron chi connectivity index (χ2n) is 7.79. The van der Waals surface area contributed by atoms with E-state index < -0.39 is 0 Å². The summed E-state index contributed by atoms with van der Waals surface area (Å²) in [6.45, 7) is 8.05. The van der Waals surface area contributed by atoms with E-state index in [0.717, 1.165) is 62.8 Å². The Hall–Kier alpha value is -2.58. The quantitative estimate of drug-likeness (QED) is 0.532. The summed E-state index contributed by atoms with van der Waals surface area (Å²) in [5, 5.41) is 9.87. The minimum absolute atomic E-state index is 0.0601. The molecule has 2 fully saturated rings. The predicted octanol–water partition coefficient (Wildman–Crippen LogP) is 3.15. The van der Waals surface area contributed by atoms with Crippen LogP contribution >= 0.6 is 11.3 Å². The van der Waals surface area contributed by atoms with E-state index in [9.17, 15) is 4.79 Å². The lowest BCUT2D eigenvalue weighted by Crippen LogP contribution is -2.52. The maximum absolute atomic E-state index is 12.3. The number of thiophene rings is 1. The molecule has 2 aliphatic heterocycles. The monoisotopic (exact) mass is 441 g/mol. The molecule has 31 heavy (non-hydrogen) atoms. The highest BCUT2D eigenvalue weighted by atomic mass is 32.1. The van der Waals surface area contributed by atoms with Crippen LogP contribution in [-0.2, 0) is 16.1 Å². The van der Waals surface area contributed by atoms with E-state index in [1.807, 2.05) is 24.3 Å². The molecule has 2 saturated heterocycles. The fourth-order valence-electron chi connectivity index (χ4n) is 3.94. The minimum atomic E-state index is -0.324. The average Bonchev–Trinajstić information content (AvgIpc) is 3.52. The van der Waals surface area contributed by atoms with Gasteiger partial charge in [0.1, 0.15) is 6.10 Å². The Morgan fingerprint density at radius 3 is 2.81 bits per heavy atom. The van der Waals surface area contributed by atoms with Crippen molar-refractivity contribution >= 4 is 33.9 Å². The van der Waals surface area contributed by atoms with Gasteiger partial charge >= 0.3 is 0 Å². The fraction of sp³-hybridized carbons (Fsp3) is 0.478. The van der Waals surface area contributed by atoms with Crippen molar-refractivity contribution < 1.29 is 9.53 Å². The van der Waals surface area contributed by atoms with Gasteiger partial charge in [-0.3, -0.25) is 4.79 Å². The van der Waals surface area contributed by atoms with Crippen LogP contribution in [0.15, 0.2) is 46.8 Å². The van der Waals surface area contributed by atoms with Gasteiger partial charge < -0.3 is 25.2 Å². The number of hydrogen-bond acceptors (Lipinski definition) is 5. The number of hydrogen-bond donors (Lipinski definition) is 2. The second-order valence-corrected chi connectivity index (χ2v) is 8.71. The van der Waals surface area contributed by atoms with Crippen molar-refractivity contribution in [1.82, 2.24) is 10.2 Å². The number of guanidine groups is 1. The number of aliphatic imine (C=N–C) groups is 1. The van der Waals surface area contributed by atoms with E-state index in [1.165, 1.54) is 5.00 Å². The Bertz CT molecular complexity index is 872. The number of nitrogens with zero attached hydrogens (tertiary/aromatic N) is 3. The molecule has 1 amide bonds. The largest absolute Gasteiger partial charge is 0.368 e. The highest BCUT2D eigenvalue weighted by Crippen LogP contribution is 2.22. The van der Waals surface area contributed by atoms with Crippen molar-refractivity contribution in [3.8, 4) is 0 Å². The Morgan fingerprint density at radius 2 is 2.10 bits per heavy atom. The number of anilines is 2. The van der Waals surface area contributed by atoms with Crippen LogP contribution < -0.4 is 15.5 Å². The van der Waals surface area contributed by atoms with Gasteiger partial charge in [-0.2, -0.15) is 0 Å². The highest BCUT2D eigenvalue weighted by molar-refractivity contribution is 7.14. The molecule has 1 aromatic carbocycles. The van der Waals surface area contributed by atoms with E-state index in [4.69, 9.17) is 9.73 Å². The van der Waals surface area contributed by atoms with Crippen LogP contribution in [0.3, 0.4) is 0 Å². The van der Waals surface area contributed by atoms with Gasteiger partial charge in [0, 0.05) is 45.0 Å². The zero-order valence-electron chi connectivity index (χ0n) is 18.0. The van der Waals surface area contributed by atoms with Gasteiger partial charge in [-0.1, -0.05) is 12.1 Å². The zero-order chi connectivity index (χ0) is 21.5. The third-order valence-corrected chi connectivity index (χ3v) is 6.49. The number of benzene rings is 1. The predicted molar refractivity (Wildman–Crippen MR) is 127 cm³/mol. The number of carbonyl (C=O) groups is 1. The van der Waals surface area contributed by atoms with Crippen LogP contribution in [0.25, 0.3) is 0 Å². The summed E-state index contributed by atoms with van der Waals surface area (Å²) in [5.74, 6) is 0.886. The van der Waals surface area contributed by atoms with Crippen LogP contribution in [0.5, 0.6) is 0 Å². The van der Waals surface area contributed by atoms with Crippen molar-refractivity contribution in [2.45, 2.75) is 32.4 Å². The first-order valence-corrected chi connectivity index (χ1v) is 11.9. The number of rotatable bonds is 6. The molecular weight excluding hydrogens is 410 g/mol. The van der Waals surface area contributed by atoms with Crippen LogP contribution in [-0.4, -0.2) is 62.2 Å². The van der Waals surface area contributed by atoms with Crippen LogP contribution in [0, 0.1) is 0 Å². The van der Waals surface area contributed by atoms with E-state index >= 15 is 0 Å².